The molecule has 0 saturated carbocycles. The molecule has 0 aliphatic carbocycles. The first-order valence-corrected chi connectivity index (χ1v) is 7.11. The van der Waals surface area contributed by atoms with Crippen molar-refractivity contribution in [2.45, 2.75) is 6.42 Å². The molecule has 4 nitrogen and oxygen atoms in total. The number of aliphatic hydroxyl groups excluding tert-OH is 1. The highest BCUT2D eigenvalue weighted by Gasteiger charge is 2.12. The van der Waals surface area contributed by atoms with E-state index in [0.717, 1.165) is 5.69 Å². The third kappa shape index (κ3) is 4.85. The summed E-state index contributed by atoms with van der Waals surface area (Å²) < 4.78 is 0. The van der Waals surface area contributed by atoms with E-state index in [0.29, 0.717) is 23.6 Å². The summed E-state index contributed by atoms with van der Waals surface area (Å²) >= 11 is 5.86. The lowest BCUT2D eigenvalue weighted by Gasteiger charge is -2.14. The summed E-state index contributed by atoms with van der Waals surface area (Å²) in [5.74, 6) is -0.264. The molecule has 1 heterocycles. The van der Waals surface area contributed by atoms with Gasteiger partial charge in [0.15, 0.2) is 0 Å². The quantitative estimate of drug-likeness (QED) is 0.861. The molecule has 0 saturated heterocycles. The van der Waals surface area contributed by atoms with E-state index < -0.39 is 0 Å². The molecule has 21 heavy (non-hydrogen) atoms. The highest BCUT2D eigenvalue weighted by atomic mass is 35.5. The number of halogens is 1. The van der Waals surface area contributed by atoms with Crippen LogP contribution in [0.15, 0.2) is 48.7 Å². The number of aliphatic hydroxyl groups is 1. The van der Waals surface area contributed by atoms with E-state index in [2.05, 4.69) is 10.3 Å². The molecule has 2 N–H and O–H groups in total. The molecule has 110 valence electrons. The summed E-state index contributed by atoms with van der Waals surface area (Å²) in [6, 6.07) is 12.4. The van der Waals surface area contributed by atoms with Gasteiger partial charge in [0, 0.05) is 41.5 Å². The minimum atomic E-state index is -0.197. The van der Waals surface area contributed by atoms with Gasteiger partial charge in [0.1, 0.15) is 0 Å². The van der Waals surface area contributed by atoms with Crippen LogP contribution in [0, 0.1) is 5.92 Å². The van der Waals surface area contributed by atoms with Crippen molar-refractivity contribution in [3.63, 3.8) is 0 Å². The van der Waals surface area contributed by atoms with Crippen LogP contribution in [0.2, 0.25) is 5.02 Å². The largest absolute Gasteiger partial charge is 0.396 e. The van der Waals surface area contributed by atoms with Crippen LogP contribution in [0.5, 0.6) is 0 Å². The van der Waals surface area contributed by atoms with Gasteiger partial charge in [-0.3, -0.25) is 9.78 Å². The van der Waals surface area contributed by atoms with E-state index in [1.54, 1.807) is 30.5 Å². The number of aromatic nitrogens is 1. The summed E-state index contributed by atoms with van der Waals surface area (Å²) in [6.45, 7) is 0.380. The number of hydrogen-bond donors (Lipinski definition) is 2. The maximum Gasteiger partial charge on any atom is 0.251 e. The van der Waals surface area contributed by atoms with Crippen molar-refractivity contribution < 1.29 is 9.90 Å². The predicted molar refractivity (Wildman–Crippen MR) is 82.3 cm³/mol. The van der Waals surface area contributed by atoms with E-state index in [4.69, 9.17) is 11.6 Å². The zero-order chi connectivity index (χ0) is 15.1. The van der Waals surface area contributed by atoms with Crippen molar-refractivity contribution in [3.05, 3.63) is 64.9 Å². The Balaban J connectivity index is 1.89. The summed E-state index contributed by atoms with van der Waals surface area (Å²) in [5.41, 5.74) is 1.41. The molecule has 1 amide bonds. The Morgan fingerprint density at radius 2 is 2.14 bits per heavy atom. The maximum absolute atomic E-state index is 12.0. The Morgan fingerprint density at radius 1 is 1.29 bits per heavy atom. The minimum absolute atomic E-state index is 0.00754. The molecule has 2 rings (SSSR count). The number of nitrogens with zero attached hydrogens (tertiary/aromatic N) is 1. The van der Waals surface area contributed by atoms with Crippen LogP contribution < -0.4 is 5.32 Å². The lowest BCUT2D eigenvalue weighted by atomic mass is 10.0. The fourth-order valence-corrected chi connectivity index (χ4v) is 2.18. The number of carbonyl (C=O) groups is 1. The van der Waals surface area contributed by atoms with Gasteiger partial charge < -0.3 is 10.4 Å². The molecule has 1 atom stereocenters. The van der Waals surface area contributed by atoms with Crippen LogP contribution >= 0.6 is 11.6 Å². The Morgan fingerprint density at radius 3 is 2.81 bits per heavy atom. The number of hydrogen-bond acceptors (Lipinski definition) is 3. The topological polar surface area (TPSA) is 62.2 Å². The van der Waals surface area contributed by atoms with Gasteiger partial charge in [-0.05, 0) is 36.8 Å². The third-order valence-electron chi connectivity index (χ3n) is 3.12. The molecular formula is C16H17ClN2O2. The molecule has 1 aromatic heterocycles. The summed E-state index contributed by atoms with van der Waals surface area (Å²) in [4.78, 5) is 16.2. The summed E-state index contributed by atoms with van der Waals surface area (Å²) in [5, 5.41) is 12.7. The molecule has 0 spiro atoms. The van der Waals surface area contributed by atoms with E-state index in [9.17, 15) is 9.90 Å². The van der Waals surface area contributed by atoms with Crippen LogP contribution in [0.25, 0.3) is 0 Å². The Hall–Kier alpha value is -1.91. The third-order valence-corrected chi connectivity index (χ3v) is 3.36. The average molecular weight is 305 g/mol. The Labute approximate surface area is 128 Å². The van der Waals surface area contributed by atoms with Crippen LogP contribution in [0.3, 0.4) is 0 Å². The second kappa shape index (κ2) is 7.76. The van der Waals surface area contributed by atoms with Gasteiger partial charge in [-0.1, -0.05) is 23.7 Å². The van der Waals surface area contributed by atoms with Gasteiger partial charge in [-0.15, -0.1) is 0 Å². The highest BCUT2D eigenvalue weighted by Crippen LogP contribution is 2.11. The molecule has 0 radical (unpaired) electrons. The Kier molecular flexibility index (Phi) is 5.72. The van der Waals surface area contributed by atoms with Crippen LogP contribution in [-0.2, 0) is 6.42 Å². The first kappa shape index (κ1) is 15.5. The number of carbonyl (C=O) groups excluding carboxylic acids is 1. The normalized spacial score (nSPS) is 11.9. The standard InChI is InChI=1S/C16H17ClN2O2/c17-14-5-3-4-13(9-14)16(21)19-10-12(11-20)8-15-6-1-2-7-18-15/h1-7,9,12,20H,8,10-11H2,(H,19,21)/t12-/m0/s1. The van der Waals surface area contributed by atoms with Crippen molar-refractivity contribution in [1.82, 2.24) is 10.3 Å². The molecule has 0 fully saturated rings. The van der Waals surface area contributed by atoms with Crippen LogP contribution in [0.1, 0.15) is 16.1 Å². The van der Waals surface area contributed by atoms with Crippen LogP contribution in [-0.4, -0.2) is 29.1 Å². The van der Waals surface area contributed by atoms with Crippen molar-refractivity contribution in [1.29, 1.82) is 0 Å². The highest BCUT2D eigenvalue weighted by molar-refractivity contribution is 6.30. The number of nitrogens with one attached hydrogen (secondary N) is 1. The predicted octanol–water partition coefficient (Wildman–Crippen LogP) is 2.32. The first-order chi connectivity index (χ1) is 10.2. The van der Waals surface area contributed by atoms with E-state index >= 15 is 0 Å². The lowest BCUT2D eigenvalue weighted by molar-refractivity contribution is 0.0940. The molecule has 0 unspecified atom stereocenters. The molecule has 1 aromatic carbocycles. The van der Waals surface area contributed by atoms with Gasteiger partial charge in [0.05, 0.1) is 0 Å². The lowest BCUT2D eigenvalue weighted by Crippen LogP contribution is -2.32. The number of rotatable bonds is 6. The fourth-order valence-electron chi connectivity index (χ4n) is 1.98. The van der Waals surface area contributed by atoms with Crippen molar-refractivity contribution >= 4 is 17.5 Å². The smallest absolute Gasteiger partial charge is 0.251 e. The zero-order valence-electron chi connectivity index (χ0n) is 11.5. The molecule has 5 heteroatoms. The molecule has 2 aromatic rings. The molecule has 0 aliphatic heterocycles. The van der Waals surface area contributed by atoms with Crippen LogP contribution in [0.4, 0.5) is 0 Å². The minimum Gasteiger partial charge on any atom is -0.396 e. The summed E-state index contributed by atoms with van der Waals surface area (Å²) in [7, 11) is 0. The number of amides is 1. The van der Waals surface area contributed by atoms with E-state index in [1.807, 2.05) is 18.2 Å². The first-order valence-electron chi connectivity index (χ1n) is 6.73. The summed E-state index contributed by atoms with van der Waals surface area (Å²) in [6.07, 6.45) is 2.33. The van der Waals surface area contributed by atoms with Crippen molar-refractivity contribution in [2.75, 3.05) is 13.2 Å². The molecular weight excluding hydrogens is 288 g/mol. The monoisotopic (exact) mass is 304 g/mol. The second-order valence-corrected chi connectivity index (χ2v) is 5.23. The number of pyridine rings is 1. The van der Waals surface area contributed by atoms with Crippen molar-refractivity contribution in [2.24, 2.45) is 5.92 Å². The number of benzene rings is 1. The molecule has 0 bridgehead atoms. The average Bonchev–Trinajstić information content (AvgIpc) is 2.52. The van der Waals surface area contributed by atoms with E-state index in [-0.39, 0.29) is 18.4 Å². The van der Waals surface area contributed by atoms with Gasteiger partial charge in [-0.2, -0.15) is 0 Å². The Bertz CT molecular complexity index is 590. The van der Waals surface area contributed by atoms with Gasteiger partial charge in [0.2, 0.25) is 0 Å². The van der Waals surface area contributed by atoms with Gasteiger partial charge in [0.25, 0.3) is 5.91 Å². The zero-order valence-corrected chi connectivity index (χ0v) is 12.3. The fraction of sp³-hybridized carbons (Fsp3) is 0.250. The SMILES string of the molecule is O=C(NC[C@@H](CO)Cc1ccccn1)c1cccc(Cl)c1. The van der Waals surface area contributed by atoms with Gasteiger partial charge in [-0.25, -0.2) is 0 Å². The van der Waals surface area contributed by atoms with Gasteiger partial charge >= 0.3 is 0 Å². The second-order valence-electron chi connectivity index (χ2n) is 4.79. The maximum atomic E-state index is 12.0. The van der Waals surface area contributed by atoms with Crippen molar-refractivity contribution in [3.8, 4) is 0 Å². The molecule has 0 aliphatic rings. The van der Waals surface area contributed by atoms with E-state index in [1.165, 1.54) is 0 Å².